The minimum atomic E-state index is -1.04. The number of nitrogens with zero attached hydrogens (tertiary/aromatic N) is 1. The average Bonchev–Trinajstić information content (AvgIpc) is 2.67. The fourth-order valence-electron chi connectivity index (χ4n) is 2.09. The topological polar surface area (TPSA) is 88.4 Å². The maximum absolute atomic E-state index is 13.6. The number of methoxy groups -OCH3 is 1. The van der Waals surface area contributed by atoms with E-state index in [0.29, 0.717) is 16.8 Å². The van der Waals surface area contributed by atoms with E-state index in [-0.39, 0.29) is 5.75 Å². The molecule has 0 aliphatic heterocycles. The fourth-order valence-corrected chi connectivity index (χ4v) is 2.09. The molecule has 2 aromatic rings. The van der Waals surface area contributed by atoms with Gasteiger partial charge in [0.05, 0.1) is 18.7 Å². The number of esters is 1. The van der Waals surface area contributed by atoms with E-state index in [4.69, 9.17) is 14.7 Å². The zero-order chi connectivity index (χ0) is 19.8. The van der Waals surface area contributed by atoms with Crippen LogP contribution in [0.2, 0.25) is 0 Å². The van der Waals surface area contributed by atoms with Crippen molar-refractivity contribution in [3.63, 3.8) is 0 Å². The fraction of sp³-hybridized carbons (Fsp3) is 0.150. The summed E-state index contributed by atoms with van der Waals surface area (Å²) < 4.78 is 23.4. The predicted molar refractivity (Wildman–Crippen MR) is 97.3 cm³/mol. The molecule has 1 N–H and O–H groups in total. The number of ether oxygens (including phenoxy) is 2. The van der Waals surface area contributed by atoms with Crippen LogP contribution in [0.4, 0.5) is 10.1 Å². The minimum absolute atomic E-state index is 0.0998. The first-order chi connectivity index (χ1) is 12.9. The summed E-state index contributed by atoms with van der Waals surface area (Å²) in [4.78, 5) is 23.9. The van der Waals surface area contributed by atoms with Crippen molar-refractivity contribution >= 4 is 23.6 Å². The summed E-state index contributed by atoms with van der Waals surface area (Å²) in [7, 11) is 1.36. The first kappa shape index (κ1) is 19.7. The quantitative estimate of drug-likeness (QED) is 0.624. The van der Waals surface area contributed by atoms with Gasteiger partial charge >= 0.3 is 5.97 Å². The maximum atomic E-state index is 13.6. The predicted octanol–water partition coefficient (Wildman–Crippen LogP) is 3.29. The van der Waals surface area contributed by atoms with E-state index in [0.717, 1.165) is 6.08 Å². The monoisotopic (exact) mass is 368 g/mol. The second-order valence-electron chi connectivity index (χ2n) is 5.48. The second kappa shape index (κ2) is 9.15. The molecule has 0 bridgehead atoms. The van der Waals surface area contributed by atoms with Gasteiger partial charge in [0.25, 0.3) is 5.91 Å². The van der Waals surface area contributed by atoms with Crippen LogP contribution < -0.4 is 10.1 Å². The molecule has 0 fully saturated rings. The molecule has 2 rings (SSSR count). The molecule has 27 heavy (non-hydrogen) atoms. The van der Waals surface area contributed by atoms with Crippen LogP contribution in [0.15, 0.2) is 48.5 Å². The summed E-state index contributed by atoms with van der Waals surface area (Å²) in [6.07, 6.45) is 1.44. The van der Waals surface area contributed by atoms with Crippen LogP contribution in [0.25, 0.3) is 6.08 Å². The van der Waals surface area contributed by atoms with Gasteiger partial charge < -0.3 is 14.8 Å². The van der Waals surface area contributed by atoms with Crippen molar-refractivity contribution in [3.8, 4) is 11.8 Å². The molecule has 0 unspecified atom stereocenters. The first-order valence-electron chi connectivity index (χ1n) is 7.96. The highest BCUT2D eigenvalue weighted by Crippen LogP contribution is 2.18. The zero-order valence-corrected chi connectivity index (χ0v) is 14.7. The van der Waals surface area contributed by atoms with Gasteiger partial charge in [-0.2, -0.15) is 5.26 Å². The van der Waals surface area contributed by atoms with Gasteiger partial charge in [0, 0.05) is 11.8 Å². The summed E-state index contributed by atoms with van der Waals surface area (Å²) >= 11 is 0. The maximum Gasteiger partial charge on any atom is 0.331 e. The number of nitriles is 1. The highest BCUT2D eigenvalue weighted by molar-refractivity contribution is 5.96. The molecule has 138 valence electrons. The van der Waals surface area contributed by atoms with Crippen molar-refractivity contribution in [2.75, 3.05) is 12.4 Å². The molecule has 7 heteroatoms. The summed E-state index contributed by atoms with van der Waals surface area (Å²) in [6.45, 7) is 1.43. The summed E-state index contributed by atoms with van der Waals surface area (Å²) in [5.41, 5.74) is 1.39. The number of hydrogen-bond acceptors (Lipinski definition) is 5. The van der Waals surface area contributed by atoms with Crippen LogP contribution in [0.5, 0.6) is 5.75 Å². The number of nitrogens with one attached hydrogen (secondary N) is 1. The van der Waals surface area contributed by atoms with Crippen molar-refractivity contribution in [1.29, 1.82) is 5.26 Å². The molecule has 0 aliphatic rings. The van der Waals surface area contributed by atoms with Gasteiger partial charge in [-0.1, -0.05) is 6.07 Å². The molecule has 1 amide bonds. The third kappa shape index (κ3) is 5.68. The van der Waals surface area contributed by atoms with Crippen LogP contribution in [0, 0.1) is 17.1 Å². The molecule has 0 saturated heterocycles. The molecular weight excluding hydrogens is 351 g/mol. The molecule has 0 aliphatic carbocycles. The highest BCUT2D eigenvalue weighted by atomic mass is 19.1. The van der Waals surface area contributed by atoms with Crippen LogP contribution in [-0.4, -0.2) is 25.1 Å². The van der Waals surface area contributed by atoms with Crippen molar-refractivity contribution in [2.45, 2.75) is 13.0 Å². The Morgan fingerprint density at radius 1 is 1.22 bits per heavy atom. The largest absolute Gasteiger partial charge is 0.494 e. The van der Waals surface area contributed by atoms with E-state index in [2.05, 4.69) is 5.32 Å². The molecule has 1 atom stereocenters. The smallest absolute Gasteiger partial charge is 0.331 e. The highest BCUT2D eigenvalue weighted by Gasteiger charge is 2.16. The Morgan fingerprint density at radius 3 is 2.52 bits per heavy atom. The Bertz CT molecular complexity index is 901. The Morgan fingerprint density at radius 2 is 1.93 bits per heavy atom. The molecule has 0 spiro atoms. The lowest BCUT2D eigenvalue weighted by Crippen LogP contribution is -2.29. The summed E-state index contributed by atoms with van der Waals surface area (Å²) in [5, 5.41) is 11.3. The lowest BCUT2D eigenvalue weighted by atomic mass is 10.2. The average molecular weight is 368 g/mol. The molecule has 0 radical (unpaired) electrons. The number of rotatable bonds is 6. The van der Waals surface area contributed by atoms with Gasteiger partial charge in [0.15, 0.2) is 17.7 Å². The summed E-state index contributed by atoms with van der Waals surface area (Å²) in [5.74, 6) is -1.71. The number of amides is 1. The number of anilines is 1. The molecular formula is C20H17FN2O4. The van der Waals surface area contributed by atoms with Gasteiger partial charge in [-0.3, -0.25) is 4.79 Å². The van der Waals surface area contributed by atoms with E-state index in [1.54, 1.807) is 30.3 Å². The first-order valence-corrected chi connectivity index (χ1v) is 7.96. The lowest BCUT2D eigenvalue weighted by molar-refractivity contribution is -0.148. The molecule has 0 aromatic heterocycles. The van der Waals surface area contributed by atoms with Crippen molar-refractivity contribution in [3.05, 3.63) is 65.5 Å². The SMILES string of the molecule is COc1ccc(/C=C/C(=O)O[C@H](C)C(=O)Nc2ccc(C#N)cc2)cc1F. The third-order valence-electron chi connectivity index (χ3n) is 3.53. The van der Waals surface area contributed by atoms with Gasteiger partial charge in [-0.15, -0.1) is 0 Å². The van der Waals surface area contributed by atoms with Crippen LogP contribution in [0.3, 0.4) is 0 Å². The number of hydrogen-bond donors (Lipinski definition) is 1. The van der Waals surface area contributed by atoms with Gasteiger partial charge in [-0.05, 0) is 55.0 Å². The van der Waals surface area contributed by atoms with Crippen LogP contribution >= 0.6 is 0 Å². The van der Waals surface area contributed by atoms with E-state index >= 15 is 0 Å². The van der Waals surface area contributed by atoms with Crippen molar-refractivity contribution < 1.29 is 23.5 Å². The minimum Gasteiger partial charge on any atom is -0.494 e. The van der Waals surface area contributed by atoms with Crippen LogP contribution in [-0.2, 0) is 14.3 Å². The second-order valence-corrected chi connectivity index (χ2v) is 5.48. The standard InChI is InChI=1S/C20H17FN2O4/c1-13(20(25)23-16-7-3-15(12-22)4-8-16)27-19(24)10-6-14-5-9-18(26-2)17(21)11-14/h3-11,13H,1-2H3,(H,23,25)/b10-6+/t13-/m1/s1. The lowest BCUT2D eigenvalue weighted by Gasteiger charge is -2.12. The number of halogens is 1. The molecule has 6 nitrogen and oxygen atoms in total. The van der Waals surface area contributed by atoms with E-state index in [1.165, 1.54) is 32.2 Å². The van der Waals surface area contributed by atoms with Gasteiger partial charge in [0.2, 0.25) is 0 Å². The van der Waals surface area contributed by atoms with Crippen molar-refractivity contribution in [1.82, 2.24) is 0 Å². The van der Waals surface area contributed by atoms with E-state index in [1.807, 2.05) is 6.07 Å². The molecule has 0 heterocycles. The third-order valence-corrected chi connectivity index (χ3v) is 3.53. The Labute approximate surface area is 155 Å². The van der Waals surface area contributed by atoms with E-state index in [9.17, 15) is 14.0 Å². The van der Waals surface area contributed by atoms with E-state index < -0.39 is 23.8 Å². The Kier molecular flexibility index (Phi) is 6.67. The number of carbonyl (C=O) groups is 2. The van der Waals surface area contributed by atoms with Crippen LogP contribution in [0.1, 0.15) is 18.1 Å². The van der Waals surface area contributed by atoms with Gasteiger partial charge in [-0.25, -0.2) is 9.18 Å². The number of benzene rings is 2. The normalized spacial score (nSPS) is 11.5. The zero-order valence-electron chi connectivity index (χ0n) is 14.7. The molecule has 0 saturated carbocycles. The Hall–Kier alpha value is -3.66. The Balaban J connectivity index is 1.91. The van der Waals surface area contributed by atoms with Crippen molar-refractivity contribution in [2.24, 2.45) is 0 Å². The summed E-state index contributed by atoms with van der Waals surface area (Å²) in [6, 6.07) is 12.5. The van der Waals surface area contributed by atoms with Gasteiger partial charge in [0.1, 0.15) is 0 Å². The molecule has 2 aromatic carbocycles. The number of carbonyl (C=O) groups excluding carboxylic acids is 2.